The molecule has 0 spiro atoms. The molecule has 0 heterocycles. The predicted molar refractivity (Wildman–Crippen MR) is 61.1 cm³/mol. The van der Waals surface area contributed by atoms with Crippen molar-refractivity contribution in [3.05, 3.63) is 34.9 Å². The summed E-state index contributed by atoms with van der Waals surface area (Å²) in [7, 11) is 1.24. The van der Waals surface area contributed by atoms with Crippen molar-refractivity contribution in [1.29, 1.82) is 0 Å². The zero-order valence-corrected chi connectivity index (χ0v) is 9.71. The van der Waals surface area contributed by atoms with Gasteiger partial charge in [0.25, 0.3) is 0 Å². The molecule has 0 radical (unpaired) electrons. The lowest BCUT2D eigenvalue weighted by atomic mass is 10.0. The van der Waals surface area contributed by atoms with E-state index in [9.17, 15) is 14.4 Å². The lowest BCUT2D eigenvalue weighted by Gasteiger charge is -2.05. The number of rotatable bonds is 3. The molecule has 84 valence electrons. The molecular weight excluding hydrogens is 228 g/mol. The van der Waals surface area contributed by atoms with Gasteiger partial charge in [0, 0.05) is 11.1 Å². The van der Waals surface area contributed by atoms with E-state index in [0.717, 1.165) is 0 Å². The van der Waals surface area contributed by atoms with E-state index in [1.54, 1.807) is 0 Å². The number of hydrogen-bond acceptors (Lipinski definition) is 4. The van der Waals surface area contributed by atoms with Crippen LogP contribution in [0.4, 0.5) is 0 Å². The SMILES string of the molecule is COC(=O)c1ccc(C(C)=O)c(C(=O)S)c1. The Morgan fingerprint density at radius 2 is 1.81 bits per heavy atom. The highest BCUT2D eigenvalue weighted by Gasteiger charge is 2.15. The molecule has 0 atom stereocenters. The summed E-state index contributed by atoms with van der Waals surface area (Å²) in [4.78, 5) is 33.6. The number of methoxy groups -OCH3 is 1. The van der Waals surface area contributed by atoms with Gasteiger partial charge >= 0.3 is 5.97 Å². The Balaban J connectivity index is 3.34. The number of carbonyl (C=O) groups is 3. The van der Waals surface area contributed by atoms with Crippen LogP contribution in [0.25, 0.3) is 0 Å². The fourth-order valence-corrected chi connectivity index (χ4v) is 1.46. The Morgan fingerprint density at radius 3 is 2.25 bits per heavy atom. The van der Waals surface area contributed by atoms with Gasteiger partial charge in [-0.05, 0) is 25.1 Å². The Bertz CT molecular complexity index is 465. The minimum atomic E-state index is -0.564. The highest BCUT2D eigenvalue weighted by atomic mass is 32.1. The van der Waals surface area contributed by atoms with E-state index in [1.807, 2.05) is 0 Å². The van der Waals surface area contributed by atoms with Crippen molar-refractivity contribution in [2.24, 2.45) is 0 Å². The maximum atomic E-state index is 11.2. The quantitative estimate of drug-likeness (QED) is 0.495. The number of esters is 1. The molecule has 0 aliphatic carbocycles. The number of ether oxygens (including phenoxy) is 1. The largest absolute Gasteiger partial charge is 0.465 e. The summed E-state index contributed by atoms with van der Waals surface area (Å²) in [6.07, 6.45) is 0. The standard InChI is InChI=1S/C11H10O4S/c1-6(12)8-4-3-7(10(13)15-2)5-9(8)11(14)16/h3-5H,1-2H3,(H,14,16). The molecule has 1 aromatic carbocycles. The van der Waals surface area contributed by atoms with Crippen LogP contribution in [-0.4, -0.2) is 24.0 Å². The number of benzene rings is 1. The summed E-state index contributed by atoms with van der Waals surface area (Å²) < 4.78 is 4.51. The minimum absolute atomic E-state index is 0.110. The Labute approximate surface area is 98.0 Å². The first-order valence-corrected chi connectivity index (χ1v) is 4.88. The first kappa shape index (κ1) is 12.4. The molecule has 0 unspecified atom stereocenters. The molecule has 4 nitrogen and oxygen atoms in total. The fraction of sp³-hybridized carbons (Fsp3) is 0.182. The van der Waals surface area contributed by atoms with Crippen LogP contribution in [0.3, 0.4) is 0 Å². The summed E-state index contributed by atoms with van der Waals surface area (Å²) >= 11 is 3.65. The molecule has 0 N–H and O–H groups in total. The fourth-order valence-electron chi connectivity index (χ4n) is 1.27. The molecule has 0 bridgehead atoms. The van der Waals surface area contributed by atoms with Gasteiger partial charge in [-0.2, -0.15) is 0 Å². The second kappa shape index (κ2) is 4.94. The second-order valence-corrected chi connectivity index (χ2v) is 3.52. The maximum absolute atomic E-state index is 11.2. The van der Waals surface area contributed by atoms with E-state index < -0.39 is 11.1 Å². The predicted octanol–water partition coefficient (Wildman–Crippen LogP) is 1.75. The highest BCUT2D eigenvalue weighted by Crippen LogP contribution is 2.15. The van der Waals surface area contributed by atoms with Crippen LogP contribution >= 0.6 is 12.6 Å². The highest BCUT2D eigenvalue weighted by molar-refractivity contribution is 7.97. The van der Waals surface area contributed by atoms with Crippen molar-refractivity contribution in [3.63, 3.8) is 0 Å². The zero-order valence-electron chi connectivity index (χ0n) is 8.81. The van der Waals surface area contributed by atoms with E-state index in [2.05, 4.69) is 17.4 Å². The summed E-state index contributed by atoms with van der Waals surface area (Å²) in [6, 6.07) is 4.15. The van der Waals surface area contributed by atoms with Gasteiger partial charge < -0.3 is 4.74 Å². The average Bonchev–Trinajstić information content (AvgIpc) is 2.26. The van der Waals surface area contributed by atoms with Gasteiger partial charge in [0.15, 0.2) is 5.78 Å². The van der Waals surface area contributed by atoms with Crippen LogP contribution in [0, 0.1) is 0 Å². The summed E-state index contributed by atoms with van der Waals surface area (Å²) in [5, 5.41) is -0.559. The van der Waals surface area contributed by atoms with Gasteiger partial charge in [-0.3, -0.25) is 9.59 Å². The van der Waals surface area contributed by atoms with Crippen molar-refractivity contribution >= 4 is 29.5 Å². The molecule has 0 amide bonds. The van der Waals surface area contributed by atoms with Crippen LogP contribution in [0.2, 0.25) is 0 Å². The molecule has 16 heavy (non-hydrogen) atoms. The van der Waals surface area contributed by atoms with Crippen LogP contribution in [-0.2, 0) is 4.74 Å². The molecular formula is C11H10O4S. The lowest BCUT2D eigenvalue weighted by molar-refractivity contribution is 0.0600. The van der Waals surface area contributed by atoms with Gasteiger partial charge in [-0.1, -0.05) is 0 Å². The van der Waals surface area contributed by atoms with Crippen molar-refractivity contribution in [2.45, 2.75) is 6.92 Å². The molecule has 0 aliphatic heterocycles. The summed E-state index contributed by atoms with van der Waals surface area (Å²) in [5.74, 6) is -0.820. The maximum Gasteiger partial charge on any atom is 0.337 e. The Hall–Kier alpha value is -1.62. The van der Waals surface area contributed by atoms with Crippen LogP contribution in [0.15, 0.2) is 18.2 Å². The first-order valence-electron chi connectivity index (χ1n) is 4.44. The van der Waals surface area contributed by atoms with E-state index >= 15 is 0 Å². The normalized spacial score (nSPS) is 9.69. The summed E-state index contributed by atoms with van der Waals surface area (Å²) in [6.45, 7) is 1.34. The van der Waals surface area contributed by atoms with E-state index in [1.165, 1.54) is 32.2 Å². The number of thiol groups is 1. The molecule has 0 saturated heterocycles. The van der Waals surface area contributed by atoms with Crippen molar-refractivity contribution < 1.29 is 19.1 Å². The molecule has 5 heteroatoms. The molecule has 0 fully saturated rings. The Kier molecular flexibility index (Phi) is 3.84. The van der Waals surface area contributed by atoms with Gasteiger partial charge in [-0.25, -0.2) is 4.79 Å². The van der Waals surface area contributed by atoms with Gasteiger partial charge in [0.2, 0.25) is 5.12 Å². The average molecular weight is 238 g/mol. The van der Waals surface area contributed by atoms with Crippen molar-refractivity contribution in [1.82, 2.24) is 0 Å². The number of carbonyl (C=O) groups excluding carboxylic acids is 3. The van der Waals surface area contributed by atoms with E-state index in [-0.39, 0.29) is 22.5 Å². The smallest absolute Gasteiger partial charge is 0.337 e. The Morgan fingerprint density at radius 1 is 1.19 bits per heavy atom. The molecule has 0 aromatic heterocycles. The minimum Gasteiger partial charge on any atom is -0.465 e. The lowest BCUT2D eigenvalue weighted by Crippen LogP contribution is -2.07. The monoisotopic (exact) mass is 238 g/mol. The van der Waals surface area contributed by atoms with Crippen LogP contribution in [0.1, 0.15) is 38.0 Å². The summed E-state index contributed by atoms with van der Waals surface area (Å²) in [5.41, 5.74) is 0.566. The number of Topliss-reactive ketones (excluding diaryl/α,β-unsaturated/α-hetero) is 1. The van der Waals surface area contributed by atoms with Crippen LogP contribution < -0.4 is 0 Å². The van der Waals surface area contributed by atoms with E-state index in [0.29, 0.717) is 0 Å². The third-order valence-corrected chi connectivity index (χ3v) is 2.29. The van der Waals surface area contributed by atoms with E-state index in [4.69, 9.17) is 0 Å². The van der Waals surface area contributed by atoms with Crippen LogP contribution in [0.5, 0.6) is 0 Å². The van der Waals surface area contributed by atoms with Crippen molar-refractivity contribution in [3.8, 4) is 0 Å². The van der Waals surface area contributed by atoms with Gasteiger partial charge in [-0.15, -0.1) is 12.6 Å². The van der Waals surface area contributed by atoms with Crippen molar-refractivity contribution in [2.75, 3.05) is 7.11 Å². The molecule has 0 aliphatic rings. The third kappa shape index (κ3) is 2.49. The second-order valence-electron chi connectivity index (χ2n) is 3.11. The number of hydrogen-bond donors (Lipinski definition) is 1. The number of ketones is 1. The third-order valence-electron chi connectivity index (χ3n) is 2.05. The molecule has 0 saturated carbocycles. The van der Waals surface area contributed by atoms with Gasteiger partial charge in [0.1, 0.15) is 0 Å². The van der Waals surface area contributed by atoms with Gasteiger partial charge in [0.05, 0.1) is 12.7 Å². The zero-order chi connectivity index (χ0) is 12.3. The molecule has 1 aromatic rings. The molecule has 1 rings (SSSR count). The topological polar surface area (TPSA) is 60.4 Å². The first-order chi connectivity index (χ1) is 7.47.